The number of benzene rings is 2. The van der Waals surface area contributed by atoms with E-state index < -0.39 is 0 Å². The van der Waals surface area contributed by atoms with Crippen LogP contribution in [0.15, 0.2) is 48.5 Å². The van der Waals surface area contributed by atoms with Gasteiger partial charge < -0.3 is 10.2 Å². The Kier molecular flexibility index (Phi) is 7.28. The second-order valence-corrected chi connectivity index (χ2v) is 7.33. The zero-order chi connectivity index (χ0) is 15.9. The molecule has 5 heteroatoms. The molecule has 118 valence electrons. The lowest BCUT2D eigenvalue weighted by Crippen LogP contribution is -2.49. The molecule has 0 unspecified atom stereocenters. The maximum absolute atomic E-state index is 5.85. The van der Waals surface area contributed by atoms with Crippen LogP contribution < -0.4 is 10.2 Å². The minimum absolute atomic E-state index is 0.569. The summed E-state index contributed by atoms with van der Waals surface area (Å²) in [6, 6.07) is 16.3. The molecular formula is C17H19Cl2IN2. The van der Waals surface area contributed by atoms with Gasteiger partial charge in [-0.25, -0.2) is 0 Å². The van der Waals surface area contributed by atoms with Crippen molar-refractivity contribution in [3.05, 3.63) is 62.1 Å². The maximum atomic E-state index is 5.85. The van der Waals surface area contributed by atoms with E-state index in [1.807, 2.05) is 36.4 Å². The highest BCUT2D eigenvalue weighted by Crippen LogP contribution is 2.18. The van der Waals surface area contributed by atoms with Crippen molar-refractivity contribution in [3.63, 3.8) is 0 Å². The summed E-state index contributed by atoms with van der Waals surface area (Å²) in [6.07, 6.45) is 0. The van der Waals surface area contributed by atoms with Crippen molar-refractivity contribution in [2.24, 2.45) is 0 Å². The molecule has 0 amide bonds. The van der Waals surface area contributed by atoms with Gasteiger partial charge >= 0.3 is 0 Å². The van der Waals surface area contributed by atoms with Crippen molar-refractivity contribution in [1.82, 2.24) is 5.32 Å². The van der Waals surface area contributed by atoms with Crippen LogP contribution in [0.1, 0.15) is 6.92 Å². The Morgan fingerprint density at radius 1 is 1.00 bits per heavy atom. The van der Waals surface area contributed by atoms with Crippen LogP contribution in [0.3, 0.4) is 0 Å². The standard InChI is InChI=1S/C11H15ClN2.C6H4ClI/c1-9-8-14(7-6-13-9)11-4-2-10(12)3-5-11;7-5-1-3-6(8)4-2-5/h2-5,9,13H,6-8H2,1H3;1-4H/t9-;/m1./s1. The molecule has 1 aliphatic rings. The highest BCUT2D eigenvalue weighted by molar-refractivity contribution is 14.1. The Morgan fingerprint density at radius 3 is 2.05 bits per heavy atom. The van der Waals surface area contributed by atoms with Gasteiger partial charge in [0.1, 0.15) is 0 Å². The first-order valence-electron chi connectivity index (χ1n) is 7.19. The van der Waals surface area contributed by atoms with Gasteiger partial charge in [0, 0.05) is 45.0 Å². The van der Waals surface area contributed by atoms with E-state index in [-0.39, 0.29) is 0 Å². The van der Waals surface area contributed by atoms with E-state index >= 15 is 0 Å². The van der Waals surface area contributed by atoms with Gasteiger partial charge in [-0.2, -0.15) is 0 Å². The minimum Gasteiger partial charge on any atom is -0.369 e. The number of rotatable bonds is 1. The number of hydrogen-bond donors (Lipinski definition) is 1. The molecule has 22 heavy (non-hydrogen) atoms. The molecule has 1 heterocycles. The van der Waals surface area contributed by atoms with Crippen molar-refractivity contribution in [3.8, 4) is 0 Å². The van der Waals surface area contributed by atoms with E-state index in [0.717, 1.165) is 29.7 Å². The van der Waals surface area contributed by atoms with Gasteiger partial charge in [-0.3, -0.25) is 0 Å². The topological polar surface area (TPSA) is 15.3 Å². The van der Waals surface area contributed by atoms with E-state index in [2.05, 4.69) is 51.9 Å². The van der Waals surface area contributed by atoms with E-state index in [1.165, 1.54) is 9.26 Å². The quantitative estimate of drug-likeness (QED) is 0.611. The van der Waals surface area contributed by atoms with Gasteiger partial charge in [-0.15, -0.1) is 0 Å². The zero-order valence-corrected chi connectivity index (χ0v) is 16.1. The van der Waals surface area contributed by atoms with Gasteiger partial charge in [-0.05, 0) is 78.0 Å². The SMILES string of the molecule is C[C@@H]1CN(c2ccc(Cl)cc2)CCN1.Clc1ccc(I)cc1. The largest absolute Gasteiger partial charge is 0.369 e. The maximum Gasteiger partial charge on any atom is 0.0407 e. The Bertz CT molecular complexity index is 551. The molecule has 0 aliphatic carbocycles. The Morgan fingerprint density at radius 2 is 1.55 bits per heavy atom. The molecule has 2 aromatic carbocycles. The van der Waals surface area contributed by atoms with Crippen LogP contribution in [0.2, 0.25) is 10.0 Å². The number of hydrogen-bond acceptors (Lipinski definition) is 2. The van der Waals surface area contributed by atoms with Crippen LogP contribution in [-0.2, 0) is 0 Å². The summed E-state index contributed by atoms with van der Waals surface area (Å²) in [5.41, 5.74) is 1.27. The van der Waals surface area contributed by atoms with Gasteiger partial charge in [0.15, 0.2) is 0 Å². The van der Waals surface area contributed by atoms with Gasteiger partial charge in [0.25, 0.3) is 0 Å². The fraction of sp³-hybridized carbons (Fsp3) is 0.294. The van der Waals surface area contributed by atoms with Crippen LogP contribution in [-0.4, -0.2) is 25.7 Å². The molecule has 3 rings (SSSR count). The molecule has 0 spiro atoms. The van der Waals surface area contributed by atoms with E-state index in [9.17, 15) is 0 Å². The number of anilines is 1. The lowest BCUT2D eigenvalue weighted by atomic mass is 10.2. The summed E-state index contributed by atoms with van der Waals surface area (Å²) in [7, 11) is 0. The number of piperazine rings is 1. The van der Waals surface area contributed by atoms with Crippen LogP contribution in [0.25, 0.3) is 0 Å². The summed E-state index contributed by atoms with van der Waals surface area (Å²) in [6.45, 7) is 5.42. The van der Waals surface area contributed by atoms with Gasteiger partial charge in [-0.1, -0.05) is 23.2 Å². The molecule has 0 aromatic heterocycles. The van der Waals surface area contributed by atoms with Crippen molar-refractivity contribution in [1.29, 1.82) is 0 Å². The minimum atomic E-state index is 0.569. The van der Waals surface area contributed by atoms with Gasteiger partial charge in [0.05, 0.1) is 0 Å². The second kappa shape index (κ2) is 8.96. The highest BCUT2D eigenvalue weighted by Gasteiger charge is 2.15. The Labute approximate surface area is 155 Å². The van der Waals surface area contributed by atoms with E-state index in [1.54, 1.807) is 0 Å². The van der Waals surface area contributed by atoms with E-state index in [0.29, 0.717) is 6.04 Å². The molecule has 1 saturated heterocycles. The molecular weight excluding hydrogens is 430 g/mol. The van der Waals surface area contributed by atoms with Crippen LogP contribution >= 0.6 is 45.8 Å². The summed E-state index contributed by atoms with van der Waals surface area (Å²) < 4.78 is 1.21. The summed E-state index contributed by atoms with van der Waals surface area (Å²) in [5.74, 6) is 0. The second-order valence-electron chi connectivity index (χ2n) is 5.21. The van der Waals surface area contributed by atoms with Crippen molar-refractivity contribution in [2.45, 2.75) is 13.0 Å². The third-order valence-corrected chi connectivity index (χ3v) is 4.59. The summed E-state index contributed by atoms with van der Waals surface area (Å²) >= 11 is 13.7. The van der Waals surface area contributed by atoms with Crippen molar-refractivity contribution < 1.29 is 0 Å². The first kappa shape index (κ1) is 17.9. The number of halogens is 3. The first-order chi connectivity index (χ1) is 10.5. The predicted molar refractivity (Wildman–Crippen MR) is 105 cm³/mol. The molecule has 2 aromatic rings. The Hall–Kier alpha value is -0.490. The number of nitrogens with zero attached hydrogens (tertiary/aromatic N) is 1. The average Bonchev–Trinajstić information content (AvgIpc) is 2.52. The third-order valence-electron chi connectivity index (χ3n) is 3.36. The Balaban J connectivity index is 0.000000188. The summed E-state index contributed by atoms with van der Waals surface area (Å²) in [5, 5.41) is 5.02. The molecule has 0 bridgehead atoms. The van der Waals surface area contributed by atoms with Crippen LogP contribution in [0, 0.1) is 3.57 Å². The highest BCUT2D eigenvalue weighted by atomic mass is 127. The van der Waals surface area contributed by atoms with E-state index in [4.69, 9.17) is 23.2 Å². The molecule has 1 fully saturated rings. The third kappa shape index (κ3) is 5.95. The molecule has 0 radical (unpaired) electrons. The van der Waals surface area contributed by atoms with Gasteiger partial charge in [0.2, 0.25) is 0 Å². The molecule has 0 saturated carbocycles. The predicted octanol–water partition coefficient (Wildman–Crippen LogP) is 5.08. The van der Waals surface area contributed by atoms with Crippen molar-refractivity contribution >= 4 is 51.5 Å². The normalized spacial score (nSPS) is 17.6. The first-order valence-corrected chi connectivity index (χ1v) is 9.03. The average molecular weight is 449 g/mol. The lowest BCUT2D eigenvalue weighted by Gasteiger charge is -2.33. The molecule has 1 N–H and O–H groups in total. The molecule has 2 nitrogen and oxygen atoms in total. The molecule has 1 aliphatic heterocycles. The monoisotopic (exact) mass is 448 g/mol. The van der Waals surface area contributed by atoms with Crippen LogP contribution in [0.5, 0.6) is 0 Å². The molecule has 1 atom stereocenters. The fourth-order valence-electron chi connectivity index (χ4n) is 2.25. The summed E-state index contributed by atoms with van der Waals surface area (Å²) in [4.78, 5) is 2.39. The fourth-order valence-corrected chi connectivity index (χ4v) is 2.86. The lowest BCUT2D eigenvalue weighted by molar-refractivity contribution is 0.485. The number of nitrogens with one attached hydrogen (secondary N) is 1. The smallest absolute Gasteiger partial charge is 0.0407 e. The van der Waals surface area contributed by atoms with Crippen molar-refractivity contribution in [2.75, 3.05) is 24.5 Å². The zero-order valence-electron chi connectivity index (χ0n) is 12.4. The van der Waals surface area contributed by atoms with Crippen LogP contribution in [0.4, 0.5) is 5.69 Å².